The van der Waals surface area contributed by atoms with Crippen LogP contribution in [0.15, 0.2) is 24.3 Å². The fourth-order valence-corrected chi connectivity index (χ4v) is 3.09. The molecule has 1 fully saturated rings. The van der Waals surface area contributed by atoms with Gasteiger partial charge in [-0.1, -0.05) is 12.1 Å². The van der Waals surface area contributed by atoms with Crippen LogP contribution < -0.4 is 0 Å². The van der Waals surface area contributed by atoms with E-state index >= 15 is 0 Å². The molecule has 0 saturated carbocycles. The summed E-state index contributed by atoms with van der Waals surface area (Å²) in [6.45, 7) is 5.61. The van der Waals surface area contributed by atoms with Crippen molar-refractivity contribution in [3.8, 4) is 5.75 Å². The molecule has 1 aliphatic rings. The molecule has 0 spiro atoms. The number of nitrogens with zero attached hydrogens (tertiary/aromatic N) is 1. The molecule has 1 heterocycles. The van der Waals surface area contributed by atoms with Crippen molar-refractivity contribution in [2.24, 2.45) is 5.92 Å². The van der Waals surface area contributed by atoms with Crippen LogP contribution in [0.2, 0.25) is 0 Å². The highest BCUT2D eigenvalue weighted by Gasteiger charge is 2.23. The van der Waals surface area contributed by atoms with Gasteiger partial charge in [-0.15, -0.1) is 0 Å². The zero-order chi connectivity index (χ0) is 14.4. The summed E-state index contributed by atoms with van der Waals surface area (Å²) in [7, 11) is 1.80. The van der Waals surface area contributed by atoms with Gasteiger partial charge in [0.25, 0.3) is 0 Å². The molecule has 0 radical (unpaired) electrons. The zero-order valence-electron chi connectivity index (χ0n) is 12.7. The number of rotatable bonds is 6. The summed E-state index contributed by atoms with van der Waals surface area (Å²) in [5.41, 5.74) is 1.31. The van der Waals surface area contributed by atoms with Gasteiger partial charge in [-0.3, -0.25) is 0 Å². The van der Waals surface area contributed by atoms with E-state index in [0.717, 1.165) is 13.0 Å². The second-order valence-corrected chi connectivity index (χ2v) is 6.01. The molecule has 0 aliphatic carbocycles. The largest absolute Gasteiger partial charge is 0.508 e. The molecule has 3 nitrogen and oxygen atoms in total. The van der Waals surface area contributed by atoms with E-state index < -0.39 is 0 Å². The molecule has 2 unspecified atom stereocenters. The summed E-state index contributed by atoms with van der Waals surface area (Å²) >= 11 is 0. The minimum absolute atomic E-state index is 0.347. The van der Waals surface area contributed by atoms with Crippen LogP contribution in [0, 0.1) is 5.92 Å². The molecule has 20 heavy (non-hydrogen) atoms. The second kappa shape index (κ2) is 7.65. The molecule has 1 aromatic rings. The van der Waals surface area contributed by atoms with Gasteiger partial charge in [-0.2, -0.15) is 0 Å². The third-order valence-corrected chi connectivity index (χ3v) is 4.36. The van der Waals surface area contributed by atoms with E-state index in [2.05, 4.69) is 11.8 Å². The molecule has 0 amide bonds. The average molecular weight is 277 g/mol. The Kier molecular flexibility index (Phi) is 5.86. The molecular formula is C17H27NO2. The number of hydrogen-bond donors (Lipinski definition) is 1. The molecule has 3 heteroatoms. The Labute approximate surface area is 122 Å². The predicted molar refractivity (Wildman–Crippen MR) is 82.1 cm³/mol. The first-order valence-corrected chi connectivity index (χ1v) is 7.70. The highest BCUT2D eigenvalue weighted by atomic mass is 16.5. The predicted octanol–water partition coefficient (Wildman–Crippen LogP) is 3.07. The summed E-state index contributed by atoms with van der Waals surface area (Å²) < 4.78 is 5.30. The van der Waals surface area contributed by atoms with E-state index in [1.807, 2.05) is 12.1 Å². The first-order valence-electron chi connectivity index (χ1n) is 7.70. The fraction of sp³-hybridized carbons (Fsp3) is 0.647. The van der Waals surface area contributed by atoms with Crippen molar-refractivity contribution < 1.29 is 9.84 Å². The standard InChI is InChI=1S/C17H27NO2/c1-14(5-6-15-7-9-17(19)10-8-15)18-11-3-4-16(12-18)13-20-2/h7-10,14,16,19H,3-6,11-13H2,1-2H3. The highest BCUT2D eigenvalue weighted by Crippen LogP contribution is 2.21. The number of aromatic hydroxyl groups is 1. The fourth-order valence-electron chi connectivity index (χ4n) is 3.09. The molecule has 1 aliphatic heterocycles. The van der Waals surface area contributed by atoms with E-state index in [1.165, 1.54) is 37.9 Å². The normalized spacial score (nSPS) is 21.8. The number of ether oxygens (including phenoxy) is 1. The average Bonchev–Trinajstić information content (AvgIpc) is 2.47. The van der Waals surface area contributed by atoms with Gasteiger partial charge in [0.05, 0.1) is 6.61 Å². The first-order chi connectivity index (χ1) is 9.69. The Morgan fingerprint density at radius 2 is 2.10 bits per heavy atom. The summed E-state index contributed by atoms with van der Waals surface area (Å²) in [5, 5.41) is 9.30. The summed E-state index contributed by atoms with van der Waals surface area (Å²) in [4.78, 5) is 2.60. The van der Waals surface area contributed by atoms with Gasteiger partial charge < -0.3 is 14.7 Å². The van der Waals surface area contributed by atoms with Gasteiger partial charge in [-0.05, 0) is 62.8 Å². The molecule has 2 rings (SSSR count). The van der Waals surface area contributed by atoms with Gasteiger partial charge in [0.1, 0.15) is 5.75 Å². The van der Waals surface area contributed by atoms with E-state index in [-0.39, 0.29) is 0 Å². The lowest BCUT2D eigenvalue weighted by atomic mass is 9.96. The topological polar surface area (TPSA) is 32.7 Å². The Balaban J connectivity index is 1.79. The van der Waals surface area contributed by atoms with Crippen LogP contribution in [0.4, 0.5) is 0 Å². The van der Waals surface area contributed by atoms with Crippen LogP contribution in [-0.2, 0) is 11.2 Å². The van der Waals surface area contributed by atoms with Crippen molar-refractivity contribution in [1.82, 2.24) is 4.90 Å². The lowest BCUT2D eigenvalue weighted by molar-refractivity contribution is 0.0702. The first kappa shape index (κ1) is 15.3. The number of aryl methyl sites for hydroxylation is 1. The minimum Gasteiger partial charge on any atom is -0.508 e. The number of piperidine rings is 1. The highest BCUT2D eigenvalue weighted by molar-refractivity contribution is 5.25. The van der Waals surface area contributed by atoms with Crippen LogP contribution >= 0.6 is 0 Å². The van der Waals surface area contributed by atoms with Crippen molar-refractivity contribution >= 4 is 0 Å². The molecule has 112 valence electrons. The van der Waals surface area contributed by atoms with Crippen LogP contribution in [0.5, 0.6) is 5.75 Å². The van der Waals surface area contributed by atoms with Crippen molar-refractivity contribution in [3.05, 3.63) is 29.8 Å². The van der Waals surface area contributed by atoms with Gasteiger partial charge in [0.2, 0.25) is 0 Å². The lowest BCUT2D eigenvalue weighted by Crippen LogP contribution is -2.42. The number of likely N-dealkylation sites (tertiary alicyclic amines) is 1. The van der Waals surface area contributed by atoms with E-state index in [9.17, 15) is 5.11 Å². The third kappa shape index (κ3) is 4.50. The van der Waals surface area contributed by atoms with E-state index in [1.54, 1.807) is 19.2 Å². The lowest BCUT2D eigenvalue weighted by Gasteiger charge is -2.36. The number of benzene rings is 1. The van der Waals surface area contributed by atoms with Crippen molar-refractivity contribution in [2.45, 2.75) is 38.6 Å². The smallest absolute Gasteiger partial charge is 0.115 e. The van der Waals surface area contributed by atoms with Crippen molar-refractivity contribution in [3.63, 3.8) is 0 Å². The molecule has 0 bridgehead atoms. The Morgan fingerprint density at radius 1 is 1.35 bits per heavy atom. The van der Waals surface area contributed by atoms with Crippen LogP contribution in [-0.4, -0.2) is 42.9 Å². The summed E-state index contributed by atoms with van der Waals surface area (Å²) in [6.07, 6.45) is 4.84. The monoisotopic (exact) mass is 277 g/mol. The Hall–Kier alpha value is -1.06. The summed E-state index contributed by atoms with van der Waals surface area (Å²) in [6, 6.07) is 8.20. The maximum absolute atomic E-state index is 9.30. The molecule has 2 atom stereocenters. The molecule has 1 N–H and O–H groups in total. The van der Waals surface area contributed by atoms with Crippen molar-refractivity contribution in [1.29, 1.82) is 0 Å². The van der Waals surface area contributed by atoms with Gasteiger partial charge >= 0.3 is 0 Å². The molecule has 0 aromatic heterocycles. The SMILES string of the molecule is COCC1CCCN(C(C)CCc2ccc(O)cc2)C1. The zero-order valence-corrected chi connectivity index (χ0v) is 12.7. The second-order valence-electron chi connectivity index (χ2n) is 6.01. The number of phenols is 1. The van der Waals surface area contributed by atoms with E-state index in [4.69, 9.17) is 4.74 Å². The number of hydrogen-bond acceptors (Lipinski definition) is 3. The molecule has 1 aromatic carbocycles. The van der Waals surface area contributed by atoms with Crippen LogP contribution in [0.3, 0.4) is 0 Å². The van der Waals surface area contributed by atoms with Crippen molar-refractivity contribution in [2.75, 3.05) is 26.8 Å². The summed E-state index contributed by atoms with van der Waals surface area (Å²) in [5.74, 6) is 1.05. The quantitative estimate of drug-likeness (QED) is 0.867. The number of methoxy groups -OCH3 is 1. The van der Waals surface area contributed by atoms with Gasteiger partial charge in [-0.25, -0.2) is 0 Å². The van der Waals surface area contributed by atoms with Gasteiger partial charge in [0, 0.05) is 19.7 Å². The minimum atomic E-state index is 0.347. The Morgan fingerprint density at radius 3 is 2.80 bits per heavy atom. The van der Waals surface area contributed by atoms with Gasteiger partial charge in [0.15, 0.2) is 0 Å². The molecular weight excluding hydrogens is 250 g/mol. The maximum atomic E-state index is 9.30. The van der Waals surface area contributed by atoms with Crippen LogP contribution in [0.1, 0.15) is 31.7 Å². The Bertz CT molecular complexity index is 388. The molecule has 1 saturated heterocycles. The third-order valence-electron chi connectivity index (χ3n) is 4.36. The van der Waals surface area contributed by atoms with E-state index in [0.29, 0.717) is 17.7 Å². The van der Waals surface area contributed by atoms with Crippen LogP contribution in [0.25, 0.3) is 0 Å². The number of phenolic OH excluding ortho intramolecular Hbond substituents is 1. The maximum Gasteiger partial charge on any atom is 0.115 e.